The summed E-state index contributed by atoms with van der Waals surface area (Å²) in [5.41, 5.74) is -0.454. The van der Waals surface area contributed by atoms with Gasteiger partial charge in [-0.1, -0.05) is 11.2 Å². The normalized spacial score (nSPS) is 10.9. The third-order valence-corrected chi connectivity index (χ3v) is 3.48. The molecule has 0 spiro atoms. The first-order valence-electron chi connectivity index (χ1n) is 4.65. The fourth-order valence-electron chi connectivity index (χ4n) is 1.30. The van der Waals surface area contributed by atoms with Gasteiger partial charge in [-0.15, -0.1) is 0 Å². The highest BCUT2D eigenvalue weighted by Crippen LogP contribution is 2.20. The summed E-state index contributed by atoms with van der Waals surface area (Å²) in [7, 11) is -4.06. The molecule has 18 heavy (non-hydrogen) atoms. The van der Waals surface area contributed by atoms with Gasteiger partial charge in [-0.25, -0.2) is 12.8 Å². The second kappa shape index (κ2) is 4.46. The number of benzene rings is 1. The molecule has 92 valence electrons. The van der Waals surface area contributed by atoms with Crippen molar-refractivity contribution in [2.24, 2.45) is 0 Å². The Morgan fingerprint density at radius 1 is 1.44 bits per heavy atom. The van der Waals surface area contributed by atoms with Gasteiger partial charge in [-0.05, 0) is 12.1 Å². The predicted octanol–water partition coefficient (Wildman–Crippen LogP) is 1.49. The predicted molar refractivity (Wildman–Crippen MR) is 58.4 cm³/mol. The van der Waals surface area contributed by atoms with Gasteiger partial charge in [-0.3, -0.25) is 4.72 Å². The van der Waals surface area contributed by atoms with Gasteiger partial charge in [0.2, 0.25) is 0 Å². The maximum atomic E-state index is 13.3. The third-order valence-electron chi connectivity index (χ3n) is 2.06. The zero-order valence-electron chi connectivity index (χ0n) is 8.79. The average Bonchev–Trinajstić information content (AvgIpc) is 2.80. The summed E-state index contributed by atoms with van der Waals surface area (Å²) in [6.07, 6.45) is 2.21. The molecule has 1 aromatic carbocycles. The standard InChI is InChI=1S/C10H6FN3O3S/c11-9-2-1-3-10(8(9)4-12)18(15,16)14-7-5-13-17-6-7/h1-3,5-6,14H. The molecule has 0 radical (unpaired) electrons. The Labute approximate surface area is 102 Å². The highest BCUT2D eigenvalue weighted by atomic mass is 32.2. The first-order valence-corrected chi connectivity index (χ1v) is 6.14. The molecule has 1 N–H and O–H groups in total. The van der Waals surface area contributed by atoms with Crippen LogP contribution in [-0.4, -0.2) is 13.6 Å². The van der Waals surface area contributed by atoms with Crippen LogP contribution in [0, 0.1) is 17.1 Å². The van der Waals surface area contributed by atoms with Crippen LogP contribution in [-0.2, 0) is 10.0 Å². The second-order valence-electron chi connectivity index (χ2n) is 3.24. The summed E-state index contributed by atoms with van der Waals surface area (Å²) >= 11 is 0. The van der Waals surface area contributed by atoms with Crippen molar-refractivity contribution in [3.8, 4) is 6.07 Å². The van der Waals surface area contributed by atoms with Crippen molar-refractivity contribution in [2.45, 2.75) is 4.90 Å². The largest absolute Gasteiger partial charge is 0.362 e. The van der Waals surface area contributed by atoms with Crippen LogP contribution in [0.3, 0.4) is 0 Å². The summed E-state index contributed by atoms with van der Waals surface area (Å²) in [4.78, 5) is -0.439. The Balaban J connectivity index is 2.49. The summed E-state index contributed by atoms with van der Waals surface area (Å²) in [5, 5.41) is 12.1. The van der Waals surface area contributed by atoms with Crippen molar-refractivity contribution in [2.75, 3.05) is 4.72 Å². The number of hydrogen-bond donors (Lipinski definition) is 1. The zero-order valence-corrected chi connectivity index (χ0v) is 9.61. The molecule has 0 aliphatic heterocycles. The summed E-state index contributed by atoms with van der Waals surface area (Å²) in [6.45, 7) is 0. The van der Waals surface area contributed by atoms with Gasteiger partial charge in [0.1, 0.15) is 34.3 Å². The van der Waals surface area contributed by atoms with Gasteiger partial charge < -0.3 is 4.52 Å². The lowest BCUT2D eigenvalue weighted by atomic mass is 10.2. The highest BCUT2D eigenvalue weighted by Gasteiger charge is 2.21. The average molecular weight is 267 g/mol. The molecule has 2 aromatic rings. The Bertz CT molecular complexity index is 704. The summed E-state index contributed by atoms with van der Waals surface area (Å²) in [6, 6.07) is 4.87. The molecule has 0 bridgehead atoms. The number of aromatic nitrogens is 1. The van der Waals surface area contributed by atoms with Crippen LogP contribution < -0.4 is 4.72 Å². The highest BCUT2D eigenvalue weighted by molar-refractivity contribution is 7.92. The van der Waals surface area contributed by atoms with E-state index in [1.54, 1.807) is 0 Å². The Morgan fingerprint density at radius 2 is 2.22 bits per heavy atom. The molecule has 0 aliphatic carbocycles. The quantitative estimate of drug-likeness (QED) is 0.908. The van der Waals surface area contributed by atoms with E-state index in [-0.39, 0.29) is 5.69 Å². The lowest BCUT2D eigenvalue weighted by Gasteiger charge is -2.07. The molecule has 0 fully saturated rings. The van der Waals surface area contributed by atoms with Crippen molar-refractivity contribution < 1.29 is 17.3 Å². The van der Waals surface area contributed by atoms with Crippen LogP contribution in [0.15, 0.2) is 40.1 Å². The summed E-state index contributed by atoms with van der Waals surface area (Å²) < 4.78 is 43.8. The molecule has 1 heterocycles. The molecular weight excluding hydrogens is 261 g/mol. The molecular formula is C10H6FN3O3S. The van der Waals surface area contributed by atoms with Crippen molar-refractivity contribution in [1.82, 2.24) is 5.16 Å². The van der Waals surface area contributed by atoms with E-state index in [0.717, 1.165) is 24.6 Å². The zero-order chi connectivity index (χ0) is 13.2. The SMILES string of the molecule is N#Cc1c(F)cccc1S(=O)(=O)Nc1cnoc1. The molecule has 1 aromatic heterocycles. The van der Waals surface area contributed by atoms with Gasteiger partial charge >= 0.3 is 0 Å². The van der Waals surface area contributed by atoms with Gasteiger partial charge in [0.15, 0.2) is 0 Å². The third kappa shape index (κ3) is 2.16. The van der Waals surface area contributed by atoms with Crippen LogP contribution in [0.4, 0.5) is 10.1 Å². The topological polar surface area (TPSA) is 96.0 Å². The van der Waals surface area contributed by atoms with E-state index in [1.165, 1.54) is 12.1 Å². The van der Waals surface area contributed by atoms with E-state index < -0.39 is 26.3 Å². The second-order valence-corrected chi connectivity index (χ2v) is 4.89. The number of rotatable bonds is 3. The van der Waals surface area contributed by atoms with Crippen LogP contribution in [0.1, 0.15) is 5.56 Å². The van der Waals surface area contributed by atoms with E-state index in [1.807, 2.05) is 0 Å². The van der Waals surface area contributed by atoms with E-state index in [0.29, 0.717) is 0 Å². The molecule has 8 heteroatoms. The van der Waals surface area contributed by atoms with E-state index in [4.69, 9.17) is 5.26 Å². The number of nitriles is 1. The van der Waals surface area contributed by atoms with Crippen molar-refractivity contribution in [3.05, 3.63) is 42.0 Å². The molecule has 0 amide bonds. The molecule has 0 saturated carbocycles. The van der Waals surface area contributed by atoms with Crippen LogP contribution in [0.25, 0.3) is 0 Å². The van der Waals surface area contributed by atoms with Crippen molar-refractivity contribution >= 4 is 15.7 Å². The van der Waals surface area contributed by atoms with Crippen LogP contribution in [0.5, 0.6) is 0 Å². The van der Waals surface area contributed by atoms with Gasteiger partial charge in [0, 0.05) is 0 Å². The molecule has 0 aliphatic rings. The molecule has 0 atom stereocenters. The van der Waals surface area contributed by atoms with E-state index in [9.17, 15) is 12.8 Å². The molecule has 2 rings (SSSR count). The number of hydrogen-bond acceptors (Lipinski definition) is 5. The maximum absolute atomic E-state index is 13.3. The maximum Gasteiger partial charge on any atom is 0.263 e. The monoisotopic (exact) mass is 267 g/mol. The van der Waals surface area contributed by atoms with Gasteiger partial charge in [0.05, 0.1) is 6.20 Å². The Morgan fingerprint density at radius 3 is 2.83 bits per heavy atom. The lowest BCUT2D eigenvalue weighted by Crippen LogP contribution is -2.14. The fraction of sp³-hybridized carbons (Fsp3) is 0. The van der Waals surface area contributed by atoms with E-state index in [2.05, 4.69) is 14.4 Å². The number of nitrogens with one attached hydrogen (secondary N) is 1. The van der Waals surface area contributed by atoms with Crippen LogP contribution in [0.2, 0.25) is 0 Å². The molecule has 0 unspecified atom stereocenters. The Hall–Kier alpha value is -2.40. The Kier molecular flexibility index (Phi) is 2.99. The minimum Gasteiger partial charge on any atom is -0.362 e. The number of anilines is 1. The fourth-order valence-corrected chi connectivity index (χ4v) is 2.49. The van der Waals surface area contributed by atoms with Gasteiger partial charge in [-0.2, -0.15) is 5.26 Å². The van der Waals surface area contributed by atoms with Crippen LogP contribution >= 0.6 is 0 Å². The lowest BCUT2D eigenvalue weighted by molar-refractivity contribution is 0.420. The van der Waals surface area contributed by atoms with Gasteiger partial charge in [0.25, 0.3) is 10.0 Å². The minimum absolute atomic E-state index is 0.0863. The number of nitrogens with zero attached hydrogens (tertiary/aromatic N) is 2. The molecule has 0 saturated heterocycles. The van der Waals surface area contributed by atoms with Crippen molar-refractivity contribution in [1.29, 1.82) is 5.26 Å². The summed E-state index contributed by atoms with van der Waals surface area (Å²) in [5.74, 6) is -0.898. The van der Waals surface area contributed by atoms with Crippen molar-refractivity contribution in [3.63, 3.8) is 0 Å². The van der Waals surface area contributed by atoms with E-state index >= 15 is 0 Å². The smallest absolute Gasteiger partial charge is 0.263 e. The first kappa shape index (κ1) is 12.1. The minimum atomic E-state index is -4.06. The number of sulfonamides is 1. The first-order chi connectivity index (χ1) is 8.54. The number of halogens is 1. The molecule has 6 nitrogen and oxygen atoms in total.